The fourth-order valence-electron chi connectivity index (χ4n) is 2.33. The Kier molecular flexibility index (Phi) is 3.28. The lowest BCUT2D eigenvalue weighted by Crippen LogP contribution is -2.24. The number of thiol groups is 1. The molecule has 0 saturated carbocycles. The maximum atomic E-state index is 11.8. The predicted molar refractivity (Wildman–Crippen MR) is 70.8 cm³/mol. The molecule has 1 aromatic rings. The zero-order valence-electron chi connectivity index (χ0n) is 9.91. The summed E-state index contributed by atoms with van der Waals surface area (Å²) in [6, 6.07) is 7.77. The van der Waals surface area contributed by atoms with Crippen LogP contribution in [-0.4, -0.2) is 30.9 Å². The lowest BCUT2D eigenvalue weighted by Gasteiger charge is -2.18. The topological polar surface area (TPSA) is 38.8 Å². The van der Waals surface area contributed by atoms with Gasteiger partial charge in [-0.3, -0.25) is 4.79 Å². The van der Waals surface area contributed by atoms with E-state index >= 15 is 0 Å². The minimum absolute atomic E-state index is 0.125. The highest BCUT2D eigenvalue weighted by atomic mass is 32.1. The van der Waals surface area contributed by atoms with E-state index in [4.69, 9.17) is 9.47 Å². The van der Waals surface area contributed by atoms with Gasteiger partial charge >= 0.3 is 0 Å². The van der Waals surface area contributed by atoms with Crippen LogP contribution in [0.2, 0.25) is 0 Å². The summed E-state index contributed by atoms with van der Waals surface area (Å²) >= 11 is 4.36. The lowest BCUT2D eigenvalue weighted by atomic mass is 10.2. The first-order valence-corrected chi connectivity index (χ1v) is 6.57. The zero-order chi connectivity index (χ0) is 12.5. The number of hydrogen-bond donors (Lipinski definition) is 1. The van der Waals surface area contributed by atoms with E-state index in [-0.39, 0.29) is 17.4 Å². The summed E-state index contributed by atoms with van der Waals surface area (Å²) in [7, 11) is 0. The third-order valence-electron chi connectivity index (χ3n) is 3.18. The van der Waals surface area contributed by atoms with Crippen LogP contribution in [0.5, 0.6) is 0 Å². The second-order valence-corrected chi connectivity index (χ2v) is 5.26. The van der Waals surface area contributed by atoms with Crippen LogP contribution in [0, 0.1) is 0 Å². The highest BCUT2D eigenvalue weighted by molar-refractivity contribution is 7.81. The molecule has 4 nitrogen and oxygen atoms in total. The minimum Gasteiger partial charge on any atom is -0.346 e. The highest BCUT2D eigenvalue weighted by Crippen LogP contribution is 2.29. The van der Waals surface area contributed by atoms with Gasteiger partial charge in [0.2, 0.25) is 5.91 Å². The van der Waals surface area contributed by atoms with E-state index in [1.165, 1.54) is 0 Å². The molecule has 1 atom stereocenters. The molecule has 2 heterocycles. The number of benzene rings is 1. The van der Waals surface area contributed by atoms with Gasteiger partial charge in [-0.2, -0.15) is 12.6 Å². The Morgan fingerprint density at radius 3 is 2.72 bits per heavy atom. The zero-order valence-corrected chi connectivity index (χ0v) is 10.8. The van der Waals surface area contributed by atoms with Gasteiger partial charge in [0.05, 0.1) is 13.2 Å². The Morgan fingerprint density at radius 2 is 2.06 bits per heavy atom. The van der Waals surface area contributed by atoms with Gasteiger partial charge in [0.15, 0.2) is 6.29 Å². The van der Waals surface area contributed by atoms with E-state index in [0.717, 1.165) is 11.3 Å². The minimum atomic E-state index is -0.297. The van der Waals surface area contributed by atoms with Gasteiger partial charge in [0.25, 0.3) is 0 Å². The molecular weight excluding hydrogens is 250 g/mol. The molecule has 1 aromatic carbocycles. The smallest absolute Gasteiger partial charge is 0.228 e. The van der Waals surface area contributed by atoms with Gasteiger partial charge in [0, 0.05) is 29.5 Å². The van der Waals surface area contributed by atoms with Gasteiger partial charge in [-0.25, -0.2) is 0 Å². The molecule has 2 aliphatic heterocycles. The number of nitrogens with zero attached hydrogens (tertiary/aromatic N) is 1. The van der Waals surface area contributed by atoms with E-state index < -0.39 is 0 Å². The molecule has 0 bridgehead atoms. The average Bonchev–Trinajstić information content (AvgIpc) is 2.99. The summed E-state index contributed by atoms with van der Waals surface area (Å²) in [4.78, 5) is 13.6. The molecule has 18 heavy (non-hydrogen) atoms. The van der Waals surface area contributed by atoms with Gasteiger partial charge in [-0.1, -0.05) is 12.1 Å². The van der Waals surface area contributed by atoms with Gasteiger partial charge < -0.3 is 14.4 Å². The normalized spacial score (nSPS) is 25.1. The third kappa shape index (κ3) is 2.25. The number of rotatable bonds is 2. The predicted octanol–water partition coefficient (Wildman–Crippen LogP) is 1.77. The molecule has 2 aliphatic rings. The van der Waals surface area contributed by atoms with Crippen molar-refractivity contribution >= 4 is 24.2 Å². The molecule has 0 aromatic heterocycles. The van der Waals surface area contributed by atoms with Gasteiger partial charge in [-0.05, 0) is 12.1 Å². The third-order valence-corrected chi connectivity index (χ3v) is 3.53. The lowest BCUT2D eigenvalue weighted by molar-refractivity contribution is -0.117. The molecule has 2 fully saturated rings. The number of anilines is 1. The van der Waals surface area contributed by atoms with Crippen LogP contribution in [0.1, 0.15) is 18.3 Å². The Morgan fingerprint density at radius 1 is 1.28 bits per heavy atom. The van der Waals surface area contributed by atoms with Crippen molar-refractivity contribution in [3.63, 3.8) is 0 Å². The molecule has 0 aliphatic carbocycles. The number of hydrogen-bond acceptors (Lipinski definition) is 4. The second kappa shape index (κ2) is 4.91. The number of carbonyl (C=O) groups is 1. The Hall–Kier alpha value is -1.04. The van der Waals surface area contributed by atoms with Crippen molar-refractivity contribution in [1.29, 1.82) is 0 Å². The van der Waals surface area contributed by atoms with E-state index in [1.54, 1.807) is 4.90 Å². The highest BCUT2D eigenvalue weighted by Gasteiger charge is 2.29. The monoisotopic (exact) mass is 265 g/mol. The second-order valence-electron chi connectivity index (χ2n) is 4.53. The van der Waals surface area contributed by atoms with Crippen molar-refractivity contribution in [1.82, 2.24) is 0 Å². The van der Waals surface area contributed by atoms with Crippen LogP contribution in [0.3, 0.4) is 0 Å². The maximum Gasteiger partial charge on any atom is 0.228 e. The van der Waals surface area contributed by atoms with E-state index in [9.17, 15) is 4.79 Å². The largest absolute Gasteiger partial charge is 0.346 e. The fourth-order valence-corrected chi connectivity index (χ4v) is 2.65. The first kappa shape index (κ1) is 12.0. The molecule has 96 valence electrons. The van der Waals surface area contributed by atoms with Crippen LogP contribution >= 0.6 is 12.6 Å². The number of carbonyl (C=O) groups excluding carboxylic acids is 1. The molecular formula is C13H15NO3S. The molecule has 0 spiro atoms. The first-order chi connectivity index (χ1) is 8.74. The van der Waals surface area contributed by atoms with Crippen molar-refractivity contribution in [2.75, 3.05) is 24.7 Å². The number of amides is 1. The summed E-state index contributed by atoms with van der Waals surface area (Å²) in [6.07, 6.45) is 0.207. The molecule has 5 heteroatoms. The quantitative estimate of drug-likeness (QED) is 0.828. The molecule has 1 unspecified atom stereocenters. The van der Waals surface area contributed by atoms with E-state index in [2.05, 4.69) is 12.6 Å². The van der Waals surface area contributed by atoms with Crippen LogP contribution in [0.15, 0.2) is 24.3 Å². The number of ether oxygens (including phenoxy) is 2. The van der Waals surface area contributed by atoms with Gasteiger partial charge in [0.1, 0.15) is 0 Å². The Bertz CT molecular complexity index is 459. The summed E-state index contributed by atoms with van der Waals surface area (Å²) in [6.45, 7) is 1.91. The fraction of sp³-hybridized carbons (Fsp3) is 0.462. The molecule has 0 N–H and O–H groups in total. The Balaban J connectivity index is 1.84. The summed E-state index contributed by atoms with van der Waals surface area (Å²) in [5.74, 6) is 0.125. The average molecular weight is 265 g/mol. The Labute approximate surface area is 111 Å². The standard InChI is InChI=1S/C13H15NO3S/c15-12-7-11(18)8-14(12)10-3-1-2-9(6-10)13-16-4-5-17-13/h1-3,6,11,13,18H,4-5,7-8H2. The molecule has 1 amide bonds. The van der Waals surface area contributed by atoms with Crippen molar-refractivity contribution in [3.05, 3.63) is 29.8 Å². The van der Waals surface area contributed by atoms with Crippen LogP contribution in [0.25, 0.3) is 0 Å². The molecule has 2 saturated heterocycles. The van der Waals surface area contributed by atoms with Crippen LogP contribution in [-0.2, 0) is 14.3 Å². The van der Waals surface area contributed by atoms with Crippen molar-refractivity contribution in [2.45, 2.75) is 18.0 Å². The molecule has 3 rings (SSSR count). The SMILES string of the molecule is O=C1CC(S)CN1c1cccc(C2OCCO2)c1. The summed E-state index contributed by atoms with van der Waals surface area (Å²) in [5, 5.41) is 0.125. The maximum absolute atomic E-state index is 11.8. The molecule has 0 radical (unpaired) electrons. The van der Waals surface area contributed by atoms with Crippen molar-refractivity contribution in [2.24, 2.45) is 0 Å². The van der Waals surface area contributed by atoms with E-state index in [0.29, 0.717) is 26.2 Å². The summed E-state index contributed by atoms with van der Waals surface area (Å²) in [5.41, 5.74) is 1.86. The van der Waals surface area contributed by atoms with Crippen LogP contribution < -0.4 is 4.90 Å². The van der Waals surface area contributed by atoms with Crippen molar-refractivity contribution < 1.29 is 14.3 Å². The first-order valence-electron chi connectivity index (χ1n) is 6.05. The van der Waals surface area contributed by atoms with Crippen molar-refractivity contribution in [3.8, 4) is 0 Å². The van der Waals surface area contributed by atoms with E-state index in [1.807, 2.05) is 24.3 Å². The van der Waals surface area contributed by atoms with Gasteiger partial charge in [-0.15, -0.1) is 0 Å². The summed E-state index contributed by atoms with van der Waals surface area (Å²) < 4.78 is 10.9. The van der Waals surface area contributed by atoms with Crippen LogP contribution in [0.4, 0.5) is 5.69 Å².